The zero-order valence-corrected chi connectivity index (χ0v) is 10.9. The molecular formula is C12H16BrFN2. The Kier molecular flexibility index (Phi) is 3.82. The lowest BCUT2D eigenvalue weighted by Crippen LogP contribution is -2.36. The third-order valence-corrected chi connectivity index (χ3v) is 3.50. The third kappa shape index (κ3) is 2.95. The van der Waals surface area contributed by atoms with E-state index in [1.807, 2.05) is 0 Å². The highest BCUT2D eigenvalue weighted by Crippen LogP contribution is 2.22. The van der Waals surface area contributed by atoms with E-state index in [1.165, 1.54) is 6.07 Å². The highest BCUT2D eigenvalue weighted by Gasteiger charge is 2.17. The summed E-state index contributed by atoms with van der Waals surface area (Å²) < 4.78 is 14.4. The van der Waals surface area contributed by atoms with Crippen LogP contribution in [0.15, 0.2) is 22.7 Å². The van der Waals surface area contributed by atoms with E-state index in [0.29, 0.717) is 11.7 Å². The Morgan fingerprint density at radius 1 is 1.38 bits per heavy atom. The first-order chi connectivity index (χ1) is 7.65. The monoisotopic (exact) mass is 286 g/mol. The van der Waals surface area contributed by atoms with E-state index in [4.69, 9.17) is 0 Å². The maximum Gasteiger partial charge on any atom is 0.146 e. The van der Waals surface area contributed by atoms with Gasteiger partial charge in [0.05, 0.1) is 5.69 Å². The van der Waals surface area contributed by atoms with Crippen LogP contribution < -0.4 is 5.32 Å². The number of likely N-dealkylation sites (tertiary alicyclic amines) is 1. The fourth-order valence-corrected chi connectivity index (χ4v) is 2.34. The van der Waals surface area contributed by atoms with Gasteiger partial charge < -0.3 is 10.2 Å². The molecule has 2 nitrogen and oxygen atoms in total. The molecule has 1 fully saturated rings. The van der Waals surface area contributed by atoms with E-state index in [0.717, 1.165) is 30.4 Å². The quantitative estimate of drug-likeness (QED) is 0.899. The van der Waals surface area contributed by atoms with Crippen molar-refractivity contribution in [2.75, 3.05) is 25.5 Å². The standard InChI is InChI=1S/C12H16BrFN2/c1-16-6-4-10(5-7-16)15-12-8-9(13)2-3-11(12)14/h2-3,8,10,15H,4-7H2,1H3. The van der Waals surface area contributed by atoms with E-state index in [-0.39, 0.29) is 5.82 Å². The van der Waals surface area contributed by atoms with E-state index in [1.54, 1.807) is 12.1 Å². The lowest BCUT2D eigenvalue weighted by Gasteiger charge is -2.30. The topological polar surface area (TPSA) is 15.3 Å². The number of nitrogens with zero attached hydrogens (tertiary/aromatic N) is 1. The molecule has 2 rings (SSSR count). The number of benzene rings is 1. The molecule has 1 N–H and O–H groups in total. The molecule has 1 heterocycles. The summed E-state index contributed by atoms with van der Waals surface area (Å²) in [6.07, 6.45) is 2.14. The second kappa shape index (κ2) is 5.15. The maximum absolute atomic E-state index is 13.5. The molecule has 0 aromatic heterocycles. The van der Waals surface area contributed by atoms with Gasteiger partial charge in [0.25, 0.3) is 0 Å². The molecule has 4 heteroatoms. The van der Waals surface area contributed by atoms with Crippen molar-refractivity contribution in [2.45, 2.75) is 18.9 Å². The van der Waals surface area contributed by atoms with Gasteiger partial charge >= 0.3 is 0 Å². The minimum absolute atomic E-state index is 0.179. The molecule has 1 aromatic carbocycles. The number of anilines is 1. The molecule has 0 spiro atoms. The summed E-state index contributed by atoms with van der Waals surface area (Å²) in [5, 5.41) is 3.28. The van der Waals surface area contributed by atoms with Crippen LogP contribution in [0.5, 0.6) is 0 Å². The predicted molar refractivity (Wildman–Crippen MR) is 68.2 cm³/mol. The van der Waals surface area contributed by atoms with Crippen LogP contribution in [0.25, 0.3) is 0 Å². The lowest BCUT2D eigenvalue weighted by molar-refractivity contribution is 0.263. The summed E-state index contributed by atoms with van der Waals surface area (Å²) in [4.78, 5) is 2.30. The maximum atomic E-state index is 13.5. The molecule has 0 bridgehead atoms. The van der Waals surface area contributed by atoms with Gasteiger partial charge in [0.1, 0.15) is 5.82 Å². The number of halogens is 2. The van der Waals surface area contributed by atoms with Crippen LogP contribution in [0.2, 0.25) is 0 Å². The van der Waals surface area contributed by atoms with Crippen LogP contribution in [0.3, 0.4) is 0 Å². The Labute approximate surface area is 104 Å². The van der Waals surface area contributed by atoms with Crippen molar-refractivity contribution in [3.8, 4) is 0 Å². The van der Waals surface area contributed by atoms with Crippen molar-refractivity contribution in [3.63, 3.8) is 0 Å². The van der Waals surface area contributed by atoms with Crippen LogP contribution in [-0.2, 0) is 0 Å². The second-order valence-corrected chi connectivity index (χ2v) is 5.26. The van der Waals surface area contributed by atoms with Gasteiger partial charge in [-0.05, 0) is 51.2 Å². The summed E-state index contributed by atoms with van der Waals surface area (Å²) in [5.41, 5.74) is 0.601. The highest BCUT2D eigenvalue weighted by atomic mass is 79.9. The first kappa shape index (κ1) is 11.9. The van der Waals surface area contributed by atoms with Gasteiger partial charge in [-0.3, -0.25) is 0 Å². The van der Waals surface area contributed by atoms with Gasteiger partial charge in [0.15, 0.2) is 0 Å². The molecule has 88 valence electrons. The summed E-state index contributed by atoms with van der Waals surface area (Å²) in [7, 11) is 2.12. The SMILES string of the molecule is CN1CCC(Nc2cc(Br)ccc2F)CC1. The van der Waals surface area contributed by atoms with Crippen molar-refractivity contribution in [2.24, 2.45) is 0 Å². The van der Waals surface area contributed by atoms with Crippen molar-refractivity contribution >= 4 is 21.6 Å². The largest absolute Gasteiger partial charge is 0.380 e. The fraction of sp³-hybridized carbons (Fsp3) is 0.500. The molecule has 1 aliphatic heterocycles. The van der Waals surface area contributed by atoms with E-state index < -0.39 is 0 Å². The van der Waals surface area contributed by atoms with Crippen molar-refractivity contribution in [1.82, 2.24) is 4.90 Å². The number of hydrogen-bond donors (Lipinski definition) is 1. The molecule has 0 aliphatic carbocycles. The van der Waals surface area contributed by atoms with Crippen molar-refractivity contribution in [3.05, 3.63) is 28.5 Å². The number of rotatable bonds is 2. The van der Waals surface area contributed by atoms with Crippen LogP contribution in [0.4, 0.5) is 10.1 Å². The average Bonchev–Trinajstić information content (AvgIpc) is 2.27. The minimum atomic E-state index is -0.179. The smallest absolute Gasteiger partial charge is 0.146 e. The first-order valence-electron chi connectivity index (χ1n) is 5.55. The molecule has 0 saturated carbocycles. The average molecular weight is 287 g/mol. The molecule has 0 radical (unpaired) electrons. The fourth-order valence-electron chi connectivity index (χ4n) is 1.98. The Hall–Kier alpha value is -0.610. The number of hydrogen-bond acceptors (Lipinski definition) is 2. The van der Waals surface area contributed by atoms with Gasteiger partial charge in [-0.15, -0.1) is 0 Å². The molecule has 0 unspecified atom stereocenters. The summed E-state index contributed by atoms with van der Waals surface area (Å²) in [5.74, 6) is -0.179. The Balaban J connectivity index is 2.00. The van der Waals surface area contributed by atoms with E-state index >= 15 is 0 Å². The van der Waals surface area contributed by atoms with Gasteiger partial charge in [-0.25, -0.2) is 4.39 Å². The Morgan fingerprint density at radius 3 is 2.75 bits per heavy atom. The normalized spacial score (nSPS) is 18.7. The van der Waals surface area contributed by atoms with Crippen LogP contribution in [0.1, 0.15) is 12.8 Å². The van der Waals surface area contributed by atoms with Crippen molar-refractivity contribution < 1.29 is 4.39 Å². The second-order valence-electron chi connectivity index (χ2n) is 4.35. The van der Waals surface area contributed by atoms with Gasteiger partial charge in [0.2, 0.25) is 0 Å². The molecular weight excluding hydrogens is 271 g/mol. The number of nitrogens with one attached hydrogen (secondary N) is 1. The Bertz CT molecular complexity index is 362. The lowest BCUT2D eigenvalue weighted by atomic mass is 10.1. The molecule has 0 amide bonds. The predicted octanol–water partition coefficient (Wildman–Crippen LogP) is 3.09. The van der Waals surface area contributed by atoms with E-state index in [9.17, 15) is 4.39 Å². The van der Waals surface area contributed by atoms with Gasteiger partial charge in [-0.1, -0.05) is 15.9 Å². The van der Waals surface area contributed by atoms with Gasteiger partial charge in [-0.2, -0.15) is 0 Å². The summed E-state index contributed by atoms with van der Waals surface area (Å²) in [6, 6.07) is 5.39. The van der Waals surface area contributed by atoms with E-state index in [2.05, 4.69) is 33.2 Å². The molecule has 0 atom stereocenters. The minimum Gasteiger partial charge on any atom is -0.380 e. The van der Waals surface area contributed by atoms with Crippen LogP contribution in [-0.4, -0.2) is 31.1 Å². The number of piperidine rings is 1. The summed E-state index contributed by atoms with van der Waals surface area (Å²) >= 11 is 3.36. The van der Waals surface area contributed by atoms with Gasteiger partial charge in [0, 0.05) is 10.5 Å². The van der Waals surface area contributed by atoms with Crippen molar-refractivity contribution in [1.29, 1.82) is 0 Å². The first-order valence-corrected chi connectivity index (χ1v) is 6.34. The Morgan fingerprint density at radius 2 is 2.06 bits per heavy atom. The molecule has 1 aliphatic rings. The zero-order chi connectivity index (χ0) is 11.5. The van der Waals surface area contributed by atoms with Crippen LogP contribution in [0, 0.1) is 5.82 Å². The summed E-state index contributed by atoms with van der Waals surface area (Å²) in [6.45, 7) is 2.15. The molecule has 1 saturated heterocycles. The van der Waals surface area contributed by atoms with Crippen LogP contribution >= 0.6 is 15.9 Å². The molecule has 1 aromatic rings. The highest BCUT2D eigenvalue weighted by molar-refractivity contribution is 9.10. The third-order valence-electron chi connectivity index (χ3n) is 3.01. The molecule has 16 heavy (non-hydrogen) atoms. The zero-order valence-electron chi connectivity index (χ0n) is 9.34.